The molecule has 2 fully saturated rings. The van der Waals surface area contributed by atoms with Gasteiger partial charge in [-0.25, -0.2) is 0 Å². The van der Waals surface area contributed by atoms with Gasteiger partial charge in [-0.3, -0.25) is 4.79 Å². The lowest BCUT2D eigenvalue weighted by molar-refractivity contribution is -0.132. The Morgan fingerprint density at radius 2 is 2.13 bits per heavy atom. The molecule has 3 atom stereocenters. The quantitative estimate of drug-likeness (QED) is 0.894. The third-order valence-corrected chi connectivity index (χ3v) is 6.39. The van der Waals surface area contributed by atoms with Crippen LogP contribution in [0, 0.1) is 17.3 Å². The molecule has 2 aliphatic rings. The fourth-order valence-electron chi connectivity index (χ4n) is 4.86. The molecule has 122 valence electrons. The van der Waals surface area contributed by atoms with E-state index in [1.165, 1.54) is 18.2 Å². The standard InChI is InChI=1S/C20H26N2O/c1-13-18-8-14(10-20(13,2)3)12-22(18)19(23)9-15-11-21-17-7-5-4-6-16(15)17/h4-7,11,13-14,18,21H,8-10,12H2,1-3H3/t13-,14-,18-/m1/s1. The minimum absolute atomic E-state index is 0.298. The average Bonchev–Trinajstić information content (AvgIpc) is 3.08. The van der Waals surface area contributed by atoms with Crippen LogP contribution in [0.4, 0.5) is 0 Å². The number of fused-ring (bicyclic) bond motifs is 3. The first kappa shape index (κ1) is 14.8. The van der Waals surface area contributed by atoms with E-state index in [0.717, 1.165) is 17.6 Å². The zero-order chi connectivity index (χ0) is 16.2. The van der Waals surface area contributed by atoms with Crippen LogP contribution >= 0.6 is 0 Å². The van der Waals surface area contributed by atoms with Crippen LogP contribution in [0.3, 0.4) is 0 Å². The molecular weight excluding hydrogens is 284 g/mol. The first-order valence-electron chi connectivity index (χ1n) is 8.80. The van der Waals surface area contributed by atoms with Crippen LogP contribution in [0.15, 0.2) is 30.5 Å². The first-order valence-corrected chi connectivity index (χ1v) is 8.80. The molecule has 2 heterocycles. The number of para-hydroxylation sites is 1. The molecule has 1 saturated heterocycles. The van der Waals surface area contributed by atoms with E-state index in [1.54, 1.807) is 0 Å². The highest BCUT2D eigenvalue weighted by Crippen LogP contribution is 2.49. The first-order chi connectivity index (χ1) is 11.0. The molecule has 3 heteroatoms. The topological polar surface area (TPSA) is 36.1 Å². The molecule has 1 aliphatic heterocycles. The Morgan fingerprint density at radius 3 is 2.96 bits per heavy atom. The zero-order valence-corrected chi connectivity index (χ0v) is 14.3. The number of nitrogens with one attached hydrogen (secondary N) is 1. The number of carbonyl (C=O) groups is 1. The van der Waals surface area contributed by atoms with Crippen LogP contribution in [-0.2, 0) is 11.2 Å². The number of aromatic amines is 1. The van der Waals surface area contributed by atoms with Gasteiger partial charge in [-0.15, -0.1) is 0 Å². The van der Waals surface area contributed by atoms with Crippen LogP contribution in [0.1, 0.15) is 39.2 Å². The number of amides is 1. The molecule has 4 rings (SSSR count). The van der Waals surface area contributed by atoms with Crippen molar-refractivity contribution in [1.29, 1.82) is 0 Å². The van der Waals surface area contributed by atoms with E-state index in [-0.39, 0.29) is 0 Å². The normalized spacial score (nSPS) is 29.2. The van der Waals surface area contributed by atoms with Gasteiger partial charge in [-0.2, -0.15) is 0 Å². The highest BCUT2D eigenvalue weighted by atomic mass is 16.2. The lowest BCUT2D eigenvalue weighted by Gasteiger charge is -2.42. The number of carbonyl (C=O) groups excluding carboxylic acids is 1. The van der Waals surface area contributed by atoms with Crippen LogP contribution in [0.2, 0.25) is 0 Å². The number of benzene rings is 1. The number of H-pyrrole nitrogens is 1. The fraction of sp³-hybridized carbons (Fsp3) is 0.550. The van der Waals surface area contributed by atoms with E-state index in [0.29, 0.717) is 35.6 Å². The maximum atomic E-state index is 13.0. The molecular formula is C20H26N2O. The summed E-state index contributed by atoms with van der Waals surface area (Å²) in [5.41, 5.74) is 2.59. The minimum atomic E-state index is 0.298. The largest absolute Gasteiger partial charge is 0.361 e. The van der Waals surface area contributed by atoms with Crippen LogP contribution < -0.4 is 0 Å². The van der Waals surface area contributed by atoms with Gasteiger partial charge >= 0.3 is 0 Å². The molecule has 3 nitrogen and oxygen atoms in total. The SMILES string of the molecule is C[C@@H]1[C@H]2C[C@@H](CN2C(=O)Cc2c[nH]c3ccccc23)CC1(C)C. The van der Waals surface area contributed by atoms with Gasteiger partial charge in [-0.1, -0.05) is 39.0 Å². The van der Waals surface area contributed by atoms with Crippen molar-refractivity contribution in [2.75, 3.05) is 6.54 Å². The van der Waals surface area contributed by atoms with Crippen molar-refractivity contribution in [3.8, 4) is 0 Å². The van der Waals surface area contributed by atoms with Gasteiger partial charge in [0.15, 0.2) is 0 Å². The van der Waals surface area contributed by atoms with Crippen molar-refractivity contribution in [2.24, 2.45) is 17.3 Å². The van der Waals surface area contributed by atoms with Crippen LogP contribution in [0.5, 0.6) is 0 Å². The van der Waals surface area contributed by atoms with Crippen molar-refractivity contribution in [3.63, 3.8) is 0 Å². The van der Waals surface area contributed by atoms with E-state index in [4.69, 9.17) is 0 Å². The molecule has 0 spiro atoms. The predicted octanol–water partition coefficient (Wildman–Crippen LogP) is 3.99. The molecule has 1 amide bonds. The number of hydrogen-bond donors (Lipinski definition) is 1. The molecule has 0 radical (unpaired) electrons. The van der Waals surface area contributed by atoms with Gasteiger partial charge in [0.05, 0.1) is 6.42 Å². The molecule has 2 aromatic rings. The zero-order valence-electron chi connectivity index (χ0n) is 14.3. The summed E-state index contributed by atoms with van der Waals surface area (Å²) >= 11 is 0. The third kappa shape index (κ3) is 2.37. The number of rotatable bonds is 2. The summed E-state index contributed by atoms with van der Waals surface area (Å²) in [5, 5.41) is 1.18. The Bertz CT molecular complexity index is 745. The van der Waals surface area contributed by atoms with E-state index >= 15 is 0 Å². The van der Waals surface area contributed by atoms with Crippen molar-refractivity contribution in [2.45, 2.75) is 46.1 Å². The van der Waals surface area contributed by atoms with Gasteiger partial charge in [-0.05, 0) is 41.7 Å². The van der Waals surface area contributed by atoms with Gasteiger partial charge in [0, 0.05) is 29.7 Å². The summed E-state index contributed by atoms with van der Waals surface area (Å²) < 4.78 is 0. The second-order valence-electron chi connectivity index (χ2n) is 8.23. The molecule has 1 aromatic carbocycles. The minimum Gasteiger partial charge on any atom is -0.361 e. The predicted molar refractivity (Wildman–Crippen MR) is 93.2 cm³/mol. The van der Waals surface area contributed by atoms with Crippen molar-refractivity contribution >= 4 is 16.8 Å². The van der Waals surface area contributed by atoms with E-state index in [9.17, 15) is 4.79 Å². The summed E-state index contributed by atoms with van der Waals surface area (Å²) in [6, 6.07) is 8.66. The molecule has 2 bridgehead atoms. The summed E-state index contributed by atoms with van der Waals surface area (Å²) in [4.78, 5) is 18.4. The van der Waals surface area contributed by atoms with Crippen LogP contribution in [-0.4, -0.2) is 28.4 Å². The maximum absolute atomic E-state index is 13.0. The van der Waals surface area contributed by atoms with Crippen LogP contribution in [0.25, 0.3) is 10.9 Å². The Morgan fingerprint density at radius 1 is 1.35 bits per heavy atom. The second-order valence-corrected chi connectivity index (χ2v) is 8.23. The summed E-state index contributed by atoms with van der Waals surface area (Å²) in [6.45, 7) is 8.02. The molecule has 23 heavy (non-hydrogen) atoms. The average molecular weight is 310 g/mol. The maximum Gasteiger partial charge on any atom is 0.227 e. The highest BCUT2D eigenvalue weighted by Gasteiger charge is 2.49. The van der Waals surface area contributed by atoms with Gasteiger partial charge in [0.2, 0.25) is 5.91 Å². The molecule has 1 aliphatic carbocycles. The molecule has 1 N–H and O–H groups in total. The van der Waals surface area contributed by atoms with Crippen molar-refractivity contribution in [3.05, 3.63) is 36.0 Å². The van der Waals surface area contributed by atoms with E-state index in [2.05, 4.69) is 42.8 Å². The van der Waals surface area contributed by atoms with Gasteiger partial charge < -0.3 is 9.88 Å². The van der Waals surface area contributed by atoms with Gasteiger partial charge in [0.25, 0.3) is 0 Å². The van der Waals surface area contributed by atoms with Crippen molar-refractivity contribution < 1.29 is 4.79 Å². The summed E-state index contributed by atoms with van der Waals surface area (Å²) in [5.74, 6) is 1.57. The highest BCUT2D eigenvalue weighted by molar-refractivity contribution is 5.89. The number of nitrogens with zero attached hydrogens (tertiary/aromatic N) is 1. The van der Waals surface area contributed by atoms with E-state index < -0.39 is 0 Å². The molecule has 1 aromatic heterocycles. The Kier molecular flexibility index (Phi) is 3.29. The Labute approximate surface area is 138 Å². The fourth-order valence-corrected chi connectivity index (χ4v) is 4.86. The molecule has 0 unspecified atom stereocenters. The monoisotopic (exact) mass is 310 g/mol. The summed E-state index contributed by atoms with van der Waals surface area (Å²) in [7, 11) is 0. The number of hydrogen-bond acceptors (Lipinski definition) is 1. The number of aromatic nitrogens is 1. The van der Waals surface area contributed by atoms with Gasteiger partial charge in [0.1, 0.15) is 0 Å². The smallest absolute Gasteiger partial charge is 0.227 e. The Balaban J connectivity index is 1.56. The number of likely N-dealkylation sites (tertiary alicyclic amines) is 1. The lowest BCUT2D eigenvalue weighted by atomic mass is 9.65. The molecule has 1 saturated carbocycles. The lowest BCUT2D eigenvalue weighted by Crippen LogP contribution is -2.44. The summed E-state index contributed by atoms with van der Waals surface area (Å²) in [6.07, 6.45) is 4.96. The van der Waals surface area contributed by atoms with E-state index in [1.807, 2.05) is 18.3 Å². The third-order valence-electron chi connectivity index (χ3n) is 6.39. The second kappa shape index (κ2) is 5.12. The Hall–Kier alpha value is -1.77. The van der Waals surface area contributed by atoms with Crippen molar-refractivity contribution in [1.82, 2.24) is 9.88 Å².